The second-order valence-electron chi connectivity index (χ2n) is 5.07. The molecule has 2 unspecified atom stereocenters. The fraction of sp³-hybridized carbons (Fsp3) is 0.250. The monoisotopic (exact) mass is 307 g/mol. The van der Waals surface area contributed by atoms with Crippen molar-refractivity contribution >= 4 is 23.4 Å². The molecule has 1 aliphatic heterocycles. The van der Waals surface area contributed by atoms with Gasteiger partial charge < -0.3 is 5.73 Å². The molecule has 0 saturated carbocycles. The van der Waals surface area contributed by atoms with E-state index in [2.05, 4.69) is 12.1 Å². The first kappa shape index (κ1) is 13.9. The molecular formula is C16H15ClFNS. The van der Waals surface area contributed by atoms with Crippen LogP contribution in [-0.4, -0.2) is 11.3 Å². The molecular weight excluding hydrogens is 293 g/mol. The van der Waals surface area contributed by atoms with Crippen LogP contribution in [0.3, 0.4) is 0 Å². The van der Waals surface area contributed by atoms with Gasteiger partial charge in [-0.3, -0.25) is 0 Å². The molecule has 0 aromatic heterocycles. The van der Waals surface area contributed by atoms with E-state index in [1.54, 1.807) is 23.9 Å². The summed E-state index contributed by atoms with van der Waals surface area (Å²) in [6.07, 6.45) is 1.49. The van der Waals surface area contributed by atoms with Crippen molar-refractivity contribution in [3.05, 3.63) is 64.4 Å². The molecule has 0 aliphatic carbocycles. The van der Waals surface area contributed by atoms with Gasteiger partial charge in [-0.15, -0.1) is 11.8 Å². The maximum absolute atomic E-state index is 13.8. The highest BCUT2D eigenvalue weighted by molar-refractivity contribution is 8.00. The molecule has 0 spiro atoms. The van der Waals surface area contributed by atoms with Crippen LogP contribution in [0.15, 0.2) is 47.4 Å². The maximum Gasteiger partial charge on any atom is 0.127 e. The Morgan fingerprint density at radius 2 is 2.10 bits per heavy atom. The lowest BCUT2D eigenvalue weighted by molar-refractivity contribution is 0.575. The van der Waals surface area contributed by atoms with E-state index in [0.29, 0.717) is 22.3 Å². The quantitative estimate of drug-likeness (QED) is 0.925. The van der Waals surface area contributed by atoms with Crippen LogP contribution >= 0.6 is 23.4 Å². The molecule has 0 saturated heterocycles. The van der Waals surface area contributed by atoms with Crippen molar-refractivity contribution in [2.75, 3.05) is 0 Å². The molecule has 20 heavy (non-hydrogen) atoms. The van der Waals surface area contributed by atoms with Gasteiger partial charge in [0.2, 0.25) is 0 Å². The van der Waals surface area contributed by atoms with Crippen molar-refractivity contribution in [2.45, 2.75) is 29.0 Å². The van der Waals surface area contributed by atoms with Gasteiger partial charge in [0.1, 0.15) is 5.82 Å². The third kappa shape index (κ3) is 2.85. The number of hydrogen-bond donors (Lipinski definition) is 1. The first-order valence-corrected chi connectivity index (χ1v) is 7.83. The van der Waals surface area contributed by atoms with Gasteiger partial charge in [-0.25, -0.2) is 4.39 Å². The summed E-state index contributed by atoms with van der Waals surface area (Å²) >= 11 is 7.57. The van der Waals surface area contributed by atoms with Crippen molar-refractivity contribution in [3.8, 4) is 0 Å². The summed E-state index contributed by atoms with van der Waals surface area (Å²) in [5.41, 5.74) is 8.26. The maximum atomic E-state index is 13.8. The zero-order valence-corrected chi connectivity index (χ0v) is 12.4. The van der Waals surface area contributed by atoms with Crippen LogP contribution in [0.25, 0.3) is 0 Å². The van der Waals surface area contributed by atoms with Gasteiger partial charge in [0.05, 0.1) is 0 Å². The van der Waals surface area contributed by atoms with Gasteiger partial charge in [0.15, 0.2) is 0 Å². The van der Waals surface area contributed by atoms with Gasteiger partial charge in [-0.2, -0.15) is 0 Å². The Labute approximate surface area is 127 Å². The van der Waals surface area contributed by atoms with Crippen LogP contribution in [0.4, 0.5) is 4.39 Å². The number of fused-ring (bicyclic) bond motifs is 1. The Morgan fingerprint density at radius 1 is 1.30 bits per heavy atom. The van der Waals surface area contributed by atoms with Gasteiger partial charge in [0.25, 0.3) is 0 Å². The number of thioether (sulfide) groups is 1. The largest absolute Gasteiger partial charge is 0.326 e. The molecule has 2 N–H and O–H groups in total. The zero-order chi connectivity index (χ0) is 14.1. The molecule has 3 rings (SSSR count). The van der Waals surface area contributed by atoms with E-state index in [0.717, 1.165) is 6.42 Å². The zero-order valence-electron chi connectivity index (χ0n) is 10.9. The van der Waals surface area contributed by atoms with Crippen LogP contribution in [0.5, 0.6) is 0 Å². The van der Waals surface area contributed by atoms with Gasteiger partial charge in [0, 0.05) is 21.2 Å². The van der Waals surface area contributed by atoms with Crippen LogP contribution in [0.2, 0.25) is 5.02 Å². The molecule has 2 aromatic rings. The minimum Gasteiger partial charge on any atom is -0.326 e. The Balaban J connectivity index is 1.70. The van der Waals surface area contributed by atoms with E-state index in [9.17, 15) is 4.39 Å². The molecule has 1 nitrogen and oxygen atoms in total. The fourth-order valence-electron chi connectivity index (χ4n) is 2.52. The van der Waals surface area contributed by atoms with E-state index in [1.165, 1.54) is 16.5 Å². The van der Waals surface area contributed by atoms with E-state index >= 15 is 0 Å². The Bertz CT molecular complexity index is 607. The lowest BCUT2D eigenvalue weighted by atomic mass is 9.99. The molecule has 0 amide bonds. The first-order chi connectivity index (χ1) is 9.63. The molecule has 104 valence electrons. The fourth-order valence-corrected chi connectivity index (χ4v) is 4.00. The first-order valence-electron chi connectivity index (χ1n) is 6.57. The Morgan fingerprint density at radius 3 is 2.85 bits per heavy atom. The van der Waals surface area contributed by atoms with Crippen LogP contribution in [0, 0.1) is 5.82 Å². The minimum atomic E-state index is -0.270. The molecule has 4 heteroatoms. The predicted molar refractivity (Wildman–Crippen MR) is 82.9 cm³/mol. The third-order valence-electron chi connectivity index (χ3n) is 3.62. The summed E-state index contributed by atoms with van der Waals surface area (Å²) in [6, 6.07) is 13.1. The van der Waals surface area contributed by atoms with Crippen molar-refractivity contribution in [2.24, 2.45) is 5.73 Å². The van der Waals surface area contributed by atoms with E-state index in [4.69, 9.17) is 17.3 Å². The Hall–Kier alpha value is -1.03. The highest BCUT2D eigenvalue weighted by Crippen LogP contribution is 2.38. The van der Waals surface area contributed by atoms with E-state index in [-0.39, 0.29) is 11.9 Å². The normalized spacial score (nSPS) is 18.9. The Kier molecular flexibility index (Phi) is 4.01. The minimum absolute atomic E-state index is 0.0666. The number of hydrogen-bond acceptors (Lipinski definition) is 2. The SMILES string of the molecule is NC(Cc1ccc(Cl)cc1F)C1Cc2ccccc2S1. The van der Waals surface area contributed by atoms with Gasteiger partial charge >= 0.3 is 0 Å². The molecule has 0 bridgehead atoms. The highest BCUT2D eigenvalue weighted by atomic mass is 35.5. The summed E-state index contributed by atoms with van der Waals surface area (Å²) in [7, 11) is 0. The highest BCUT2D eigenvalue weighted by Gasteiger charge is 2.27. The number of rotatable bonds is 3. The summed E-state index contributed by atoms with van der Waals surface area (Å²) in [4.78, 5) is 1.30. The van der Waals surface area contributed by atoms with E-state index in [1.807, 2.05) is 12.1 Å². The number of nitrogens with two attached hydrogens (primary N) is 1. The predicted octanol–water partition coefficient (Wildman–Crippen LogP) is 4.07. The topological polar surface area (TPSA) is 26.0 Å². The molecule has 2 atom stereocenters. The summed E-state index contributed by atoms with van der Waals surface area (Å²) in [6.45, 7) is 0. The second kappa shape index (κ2) is 5.76. The summed E-state index contributed by atoms with van der Waals surface area (Å²) in [5, 5.41) is 0.727. The average Bonchev–Trinajstić information content (AvgIpc) is 2.86. The second-order valence-corrected chi connectivity index (χ2v) is 6.79. The van der Waals surface area contributed by atoms with Gasteiger partial charge in [-0.1, -0.05) is 35.9 Å². The van der Waals surface area contributed by atoms with Crippen LogP contribution in [-0.2, 0) is 12.8 Å². The molecule has 1 aliphatic rings. The van der Waals surface area contributed by atoms with Crippen molar-refractivity contribution < 1.29 is 4.39 Å². The smallest absolute Gasteiger partial charge is 0.127 e. The number of benzene rings is 2. The molecule has 1 heterocycles. The lowest BCUT2D eigenvalue weighted by Gasteiger charge is -2.18. The van der Waals surface area contributed by atoms with Crippen LogP contribution in [0.1, 0.15) is 11.1 Å². The van der Waals surface area contributed by atoms with Crippen LogP contribution < -0.4 is 5.73 Å². The van der Waals surface area contributed by atoms with Crippen molar-refractivity contribution in [3.63, 3.8) is 0 Å². The lowest BCUT2D eigenvalue weighted by Crippen LogP contribution is -2.34. The summed E-state index contributed by atoms with van der Waals surface area (Å²) < 4.78 is 13.8. The van der Waals surface area contributed by atoms with Gasteiger partial charge in [-0.05, 0) is 42.2 Å². The average molecular weight is 308 g/mol. The number of halogens is 2. The molecule has 0 fully saturated rings. The van der Waals surface area contributed by atoms with Crippen molar-refractivity contribution in [1.82, 2.24) is 0 Å². The summed E-state index contributed by atoms with van der Waals surface area (Å²) in [5.74, 6) is -0.270. The molecule has 0 radical (unpaired) electrons. The standard InChI is InChI=1S/C16H15ClFNS/c17-12-6-5-10(13(18)9-12)7-14(19)16-8-11-3-1-2-4-15(11)20-16/h1-6,9,14,16H,7-8,19H2. The molecule has 2 aromatic carbocycles. The third-order valence-corrected chi connectivity index (χ3v) is 5.33. The van der Waals surface area contributed by atoms with Crippen molar-refractivity contribution in [1.29, 1.82) is 0 Å². The van der Waals surface area contributed by atoms with E-state index < -0.39 is 0 Å².